The van der Waals surface area contributed by atoms with E-state index in [1.54, 1.807) is 0 Å². The molecule has 1 fully saturated rings. The summed E-state index contributed by atoms with van der Waals surface area (Å²) in [5.41, 5.74) is 0. The maximum Gasteiger partial charge on any atom is 0.0655 e. The first-order chi connectivity index (χ1) is 4.36. The number of hydrogen-bond donors (Lipinski definition) is 0. The lowest BCUT2D eigenvalue weighted by molar-refractivity contribution is 0.517. The van der Waals surface area contributed by atoms with Crippen molar-refractivity contribution in [3.05, 3.63) is 0 Å². The van der Waals surface area contributed by atoms with Crippen molar-refractivity contribution in [3.63, 3.8) is 0 Å². The number of rotatable bonds is 1. The second kappa shape index (κ2) is 2.87. The van der Waals surface area contributed by atoms with Gasteiger partial charge in [0.15, 0.2) is 0 Å². The summed E-state index contributed by atoms with van der Waals surface area (Å²) in [7, 11) is 0. The summed E-state index contributed by atoms with van der Waals surface area (Å²) in [5, 5.41) is 8.53. The number of nitrogens with zero attached hydrogens (tertiary/aromatic N) is 1. The SMILES string of the molecule is CCC1CCC(C#N)C1. The van der Waals surface area contributed by atoms with Gasteiger partial charge in [-0.3, -0.25) is 0 Å². The minimum atomic E-state index is 0.384. The Bertz CT molecular complexity index is 123. The molecule has 50 valence electrons. The molecule has 1 heteroatoms. The number of nitriles is 1. The molecular weight excluding hydrogens is 110 g/mol. The second-order valence-corrected chi connectivity index (χ2v) is 2.91. The smallest absolute Gasteiger partial charge is 0.0655 e. The lowest BCUT2D eigenvalue weighted by atomic mass is 10.0. The van der Waals surface area contributed by atoms with Crippen molar-refractivity contribution < 1.29 is 0 Å². The molecule has 0 radical (unpaired) electrons. The molecule has 0 N–H and O–H groups in total. The largest absolute Gasteiger partial charge is 0.198 e. The van der Waals surface area contributed by atoms with Gasteiger partial charge in [0, 0.05) is 5.92 Å². The molecule has 0 aromatic carbocycles. The van der Waals surface area contributed by atoms with Gasteiger partial charge in [0.1, 0.15) is 0 Å². The van der Waals surface area contributed by atoms with Crippen molar-refractivity contribution in [2.24, 2.45) is 11.8 Å². The topological polar surface area (TPSA) is 23.8 Å². The Morgan fingerprint density at radius 2 is 2.33 bits per heavy atom. The van der Waals surface area contributed by atoms with Crippen LogP contribution in [0.4, 0.5) is 0 Å². The molecule has 9 heavy (non-hydrogen) atoms. The normalized spacial score (nSPS) is 34.2. The monoisotopic (exact) mass is 123 g/mol. The summed E-state index contributed by atoms with van der Waals surface area (Å²) < 4.78 is 0. The highest BCUT2D eigenvalue weighted by molar-refractivity contribution is 4.89. The highest BCUT2D eigenvalue weighted by Crippen LogP contribution is 2.31. The summed E-state index contributed by atoms with van der Waals surface area (Å²) in [4.78, 5) is 0. The predicted molar refractivity (Wildman–Crippen MR) is 36.7 cm³/mol. The molecule has 2 unspecified atom stereocenters. The van der Waals surface area contributed by atoms with Gasteiger partial charge in [-0.25, -0.2) is 0 Å². The van der Waals surface area contributed by atoms with E-state index in [4.69, 9.17) is 5.26 Å². The van der Waals surface area contributed by atoms with Crippen LogP contribution in [0.15, 0.2) is 0 Å². The fourth-order valence-electron chi connectivity index (χ4n) is 1.56. The fraction of sp³-hybridized carbons (Fsp3) is 0.875. The fourth-order valence-corrected chi connectivity index (χ4v) is 1.56. The average Bonchev–Trinajstić information content (AvgIpc) is 2.34. The zero-order valence-corrected chi connectivity index (χ0v) is 5.93. The molecule has 1 saturated carbocycles. The van der Waals surface area contributed by atoms with Crippen LogP contribution in [0.3, 0.4) is 0 Å². The van der Waals surface area contributed by atoms with Crippen LogP contribution in [0, 0.1) is 23.2 Å². The molecule has 1 nitrogen and oxygen atoms in total. The van der Waals surface area contributed by atoms with E-state index < -0.39 is 0 Å². The van der Waals surface area contributed by atoms with Gasteiger partial charge < -0.3 is 0 Å². The summed E-state index contributed by atoms with van der Waals surface area (Å²) in [5.74, 6) is 1.24. The van der Waals surface area contributed by atoms with Crippen molar-refractivity contribution >= 4 is 0 Å². The van der Waals surface area contributed by atoms with Gasteiger partial charge in [-0.15, -0.1) is 0 Å². The third-order valence-electron chi connectivity index (χ3n) is 2.30. The maximum absolute atomic E-state index is 8.53. The van der Waals surface area contributed by atoms with E-state index in [1.807, 2.05) is 0 Å². The van der Waals surface area contributed by atoms with Gasteiger partial charge in [-0.2, -0.15) is 5.26 Å². The Morgan fingerprint density at radius 1 is 1.56 bits per heavy atom. The highest BCUT2D eigenvalue weighted by Gasteiger charge is 2.22. The summed E-state index contributed by atoms with van der Waals surface area (Å²) in [6, 6.07) is 2.33. The standard InChI is InChI=1S/C8H13N/c1-2-7-3-4-8(5-7)6-9/h7-8H,2-5H2,1H3. The van der Waals surface area contributed by atoms with Crippen LogP contribution >= 0.6 is 0 Å². The molecule has 1 aliphatic carbocycles. The maximum atomic E-state index is 8.53. The lowest BCUT2D eigenvalue weighted by Gasteiger charge is -2.01. The molecule has 2 atom stereocenters. The van der Waals surface area contributed by atoms with E-state index >= 15 is 0 Å². The average molecular weight is 123 g/mol. The van der Waals surface area contributed by atoms with Gasteiger partial charge in [0.2, 0.25) is 0 Å². The first-order valence-corrected chi connectivity index (χ1v) is 3.76. The van der Waals surface area contributed by atoms with E-state index in [9.17, 15) is 0 Å². The van der Waals surface area contributed by atoms with Crippen LogP contribution in [0.2, 0.25) is 0 Å². The van der Waals surface area contributed by atoms with Gasteiger partial charge >= 0.3 is 0 Å². The van der Waals surface area contributed by atoms with Crippen LogP contribution in [0.5, 0.6) is 0 Å². The molecule has 0 amide bonds. The quantitative estimate of drug-likeness (QED) is 0.525. The summed E-state index contributed by atoms with van der Waals surface area (Å²) in [6.07, 6.45) is 4.86. The molecule has 0 aromatic heterocycles. The minimum absolute atomic E-state index is 0.384. The molecule has 0 bridgehead atoms. The molecule has 0 heterocycles. The van der Waals surface area contributed by atoms with Crippen molar-refractivity contribution in [2.75, 3.05) is 0 Å². The van der Waals surface area contributed by atoms with E-state index in [0.29, 0.717) is 5.92 Å². The van der Waals surface area contributed by atoms with E-state index in [2.05, 4.69) is 13.0 Å². The first-order valence-electron chi connectivity index (χ1n) is 3.76. The molecule has 0 saturated heterocycles. The second-order valence-electron chi connectivity index (χ2n) is 2.91. The Kier molecular flexibility index (Phi) is 2.10. The van der Waals surface area contributed by atoms with Crippen LogP contribution < -0.4 is 0 Å². The minimum Gasteiger partial charge on any atom is -0.198 e. The zero-order chi connectivity index (χ0) is 6.69. The highest BCUT2D eigenvalue weighted by atomic mass is 14.3. The first kappa shape index (κ1) is 6.61. The summed E-state index contributed by atoms with van der Waals surface area (Å²) >= 11 is 0. The Hall–Kier alpha value is -0.510. The van der Waals surface area contributed by atoms with Crippen molar-refractivity contribution in [1.29, 1.82) is 5.26 Å². The molecule has 0 spiro atoms. The zero-order valence-electron chi connectivity index (χ0n) is 5.93. The summed E-state index contributed by atoms with van der Waals surface area (Å²) in [6.45, 7) is 2.21. The molecule has 0 aliphatic heterocycles. The van der Waals surface area contributed by atoms with Gasteiger partial charge in [0.25, 0.3) is 0 Å². The Balaban J connectivity index is 2.31. The van der Waals surface area contributed by atoms with Crippen LogP contribution in [-0.4, -0.2) is 0 Å². The van der Waals surface area contributed by atoms with Crippen molar-refractivity contribution in [3.8, 4) is 6.07 Å². The van der Waals surface area contributed by atoms with E-state index in [0.717, 1.165) is 18.8 Å². The Morgan fingerprint density at radius 3 is 2.67 bits per heavy atom. The Labute approximate surface area is 56.7 Å². The van der Waals surface area contributed by atoms with Gasteiger partial charge in [-0.05, 0) is 25.2 Å². The van der Waals surface area contributed by atoms with Crippen molar-refractivity contribution in [2.45, 2.75) is 32.6 Å². The predicted octanol–water partition coefficient (Wildman–Crippen LogP) is 2.34. The molecule has 1 rings (SSSR count). The third-order valence-corrected chi connectivity index (χ3v) is 2.30. The van der Waals surface area contributed by atoms with E-state index in [1.165, 1.54) is 12.8 Å². The van der Waals surface area contributed by atoms with E-state index in [-0.39, 0.29) is 0 Å². The third kappa shape index (κ3) is 1.45. The van der Waals surface area contributed by atoms with Crippen LogP contribution in [0.1, 0.15) is 32.6 Å². The van der Waals surface area contributed by atoms with Crippen LogP contribution in [0.25, 0.3) is 0 Å². The molecular formula is C8H13N. The van der Waals surface area contributed by atoms with Crippen LogP contribution in [-0.2, 0) is 0 Å². The molecule has 0 aromatic rings. The lowest BCUT2D eigenvalue weighted by Crippen LogP contribution is -1.91. The molecule has 1 aliphatic rings. The van der Waals surface area contributed by atoms with Gasteiger partial charge in [-0.1, -0.05) is 13.3 Å². The van der Waals surface area contributed by atoms with Gasteiger partial charge in [0.05, 0.1) is 6.07 Å². The van der Waals surface area contributed by atoms with Crippen molar-refractivity contribution in [1.82, 2.24) is 0 Å². The number of hydrogen-bond acceptors (Lipinski definition) is 1.